The number of hydrogen-bond donors (Lipinski definition) is 1. The second-order valence-corrected chi connectivity index (χ2v) is 4.70. The van der Waals surface area contributed by atoms with Gasteiger partial charge in [0.1, 0.15) is 11.6 Å². The summed E-state index contributed by atoms with van der Waals surface area (Å²) in [6.07, 6.45) is 2.53. The van der Waals surface area contributed by atoms with Gasteiger partial charge >= 0.3 is 0 Å². The van der Waals surface area contributed by atoms with Crippen LogP contribution in [0.5, 0.6) is 0 Å². The molecule has 0 aliphatic rings. The van der Waals surface area contributed by atoms with Crippen molar-refractivity contribution >= 4 is 17.4 Å². The molecule has 1 aromatic carbocycles. The van der Waals surface area contributed by atoms with Crippen LogP contribution < -0.4 is 10.2 Å². The van der Waals surface area contributed by atoms with Gasteiger partial charge in [0.25, 0.3) is 5.91 Å². The third-order valence-electron chi connectivity index (χ3n) is 3.07. The first-order valence-corrected chi connectivity index (χ1v) is 6.85. The second-order valence-electron chi connectivity index (χ2n) is 4.70. The van der Waals surface area contributed by atoms with Crippen LogP contribution in [0.25, 0.3) is 0 Å². The Morgan fingerprint density at radius 1 is 1.33 bits per heavy atom. The molecule has 21 heavy (non-hydrogen) atoms. The van der Waals surface area contributed by atoms with Crippen molar-refractivity contribution in [3.05, 3.63) is 54.0 Å². The Morgan fingerprint density at radius 2 is 2.14 bits per heavy atom. The summed E-state index contributed by atoms with van der Waals surface area (Å²) >= 11 is 0. The zero-order valence-electron chi connectivity index (χ0n) is 12.1. The van der Waals surface area contributed by atoms with E-state index in [9.17, 15) is 9.18 Å². The first-order valence-electron chi connectivity index (χ1n) is 6.85. The smallest absolute Gasteiger partial charge is 0.259 e. The highest BCUT2D eigenvalue weighted by molar-refractivity contribution is 6.05. The number of benzene rings is 1. The fourth-order valence-electron chi connectivity index (χ4n) is 1.87. The van der Waals surface area contributed by atoms with E-state index in [1.807, 2.05) is 0 Å². The van der Waals surface area contributed by atoms with E-state index < -0.39 is 0 Å². The van der Waals surface area contributed by atoms with Gasteiger partial charge in [0.05, 0.1) is 5.56 Å². The molecule has 1 amide bonds. The Morgan fingerprint density at radius 3 is 2.76 bits per heavy atom. The lowest BCUT2D eigenvalue weighted by atomic mass is 10.2. The van der Waals surface area contributed by atoms with Gasteiger partial charge in [-0.3, -0.25) is 4.79 Å². The molecule has 1 N–H and O–H groups in total. The topological polar surface area (TPSA) is 45.2 Å². The summed E-state index contributed by atoms with van der Waals surface area (Å²) in [6.45, 7) is 2.91. The van der Waals surface area contributed by atoms with Crippen LogP contribution >= 0.6 is 0 Å². The molecule has 110 valence electrons. The van der Waals surface area contributed by atoms with Crippen molar-refractivity contribution in [2.45, 2.75) is 13.3 Å². The molecule has 2 rings (SSSR count). The first-order chi connectivity index (χ1) is 10.1. The first kappa shape index (κ1) is 15.0. The summed E-state index contributed by atoms with van der Waals surface area (Å²) in [5, 5.41) is 3.14. The van der Waals surface area contributed by atoms with Crippen molar-refractivity contribution in [2.75, 3.05) is 23.8 Å². The molecule has 0 radical (unpaired) electrons. The third-order valence-corrected chi connectivity index (χ3v) is 3.07. The lowest BCUT2D eigenvalue weighted by Crippen LogP contribution is -2.26. The average Bonchev–Trinajstić information content (AvgIpc) is 2.52. The predicted octanol–water partition coefficient (Wildman–Crippen LogP) is 3.32. The number of nitrogens with zero attached hydrogens (tertiary/aromatic N) is 2. The molecule has 0 saturated heterocycles. The van der Waals surface area contributed by atoms with Crippen molar-refractivity contribution < 1.29 is 9.18 Å². The Balaban J connectivity index is 2.12. The van der Waals surface area contributed by atoms with Crippen LogP contribution in [0.4, 0.5) is 15.9 Å². The highest BCUT2D eigenvalue weighted by atomic mass is 19.1. The summed E-state index contributed by atoms with van der Waals surface area (Å²) in [6, 6.07) is 9.40. The molecule has 4 nitrogen and oxygen atoms in total. The predicted molar refractivity (Wildman–Crippen MR) is 82.2 cm³/mol. The zero-order valence-corrected chi connectivity index (χ0v) is 12.1. The normalized spacial score (nSPS) is 10.2. The maximum absolute atomic E-state index is 13.2. The van der Waals surface area contributed by atoms with Gasteiger partial charge < -0.3 is 10.2 Å². The Kier molecular flexibility index (Phi) is 4.87. The summed E-state index contributed by atoms with van der Waals surface area (Å²) in [4.78, 5) is 17.9. The number of rotatable bonds is 5. The minimum Gasteiger partial charge on any atom is -0.370 e. The van der Waals surface area contributed by atoms with Crippen LogP contribution in [0.1, 0.15) is 23.7 Å². The van der Waals surface area contributed by atoms with E-state index in [2.05, 4.69) is 17.2 Å². The summed E-state index contributed by atoms with van der Waals surface area (Å²) < 4.78 is 13.2. The monoisotopic (exact) mass is 287 g/mol. The van der Waals surface area contributed by atoms with Gasteiger partial charge in [0.15, 0.2) is 0 Å². The molecule has 0 bridgehead atoms. The summed E-state index contributed by atoms with van der Waals surface area (Å²) in [5.41, 5.74) is 0.969. The fourth-order valence-corrected chi connectivity index (χ4v) is 1.87. The standard InChI is InChI=1S/C16H18FN3O/c1-3-9-18-15-8-7-12(11-19-15)16(21)20(2)14-6-4-5-13(17)10-14/h4-8,10-11H,3,9H2,1-2H3,(H,18,19). The molecule has 0 spiro atoms. The van der Waals surface area contributed by atoms with Crippen LogP contribution in [-0.2, 0) is 0 Å². The van der Waals surface area contributed by atoms with E-state index in [0.717, 1.165) is 18.8 Å². The number of carbonyl (C=O) groups excluding carboxylic acids is 1. The zero-order chi connectivity index (χ0) is 15.2. The number of carbonyl (C=O) groups is 1. The lowest BCUT2D eigenvalue weighted by Gasteiger charge is -2.17. The quantitative estimate of drug-likeness (QED) is 0.917. The van der Waals surface area contributed by atoms with Crippen LogP contribution in [-0.4, -0.2) is 24.5 Å². The van der Waals surface area contributed by atoms with Crippen molar-refractivity contribution in [1.82, 2.24) is 4.98 Å². The van der Waals surface area contributed by atoms with E-state index in [4.69, 9.17) is 0 Å². The summed E-state index contributed by atoms with van der Waals surface area (Å²) in [7, 11) is 1.61. The molecule has 1 heterocycles. The third kappa shape index (κ3) is 3.78. The molecule has 2 aromatic rings. The number of hydrogen-bond acceptors (Lipinski definition) is 3. The maximum atomic E-state index is 13.2. The van der Waals surface area contributed by atoms with Crippen molar-refractivity contribution in [2.24, 2.45) is 0 Å². The van der Waals surface area contributed by atoms with Gasteiger partial charge in [-0.15, -0.1) is 0 Å². The molecule has 0 atom stereocenters. The van der Waals surface area contributed by atoms with Gasteiger partial charge in [-0.1, -0.05) is 13.0 Å². The van der Waals surface area contributed by atoms with E-state index in [1.165, 1.54) is 23.2 Å². The maximum Gasteiger partial charge on any atom is 0.259 e. The van der Waals surface area contributed by atoms with Gasteiger partial charge in [0.2, 0.25) is 0 Å². The molecular weight excluding hydrogens is 269 g/mol. The van der Waals surface area contributed by atoms with Gasteiger partial charge in [-0.05, 0) is 36.8 Å². The number of halogens is 1. The van der Waals surface area contributed by atoms with Crippen molar-refractivity contribution in [3.63, 3.8) is 0 Å². The number of amides is 1. The minimum atomic E-state index is -0.371. The van der Waals surface area contributed by atoms with Crippen molar-refractivity contribution in [3.8, 4) is 0 Å². The van der Waals surface area contributed by atoms with Crippen LogP contribution in [0, 0.1) is 5.82 Å². The molecular formula is C16H18FN3O. The largest absolute Gasteiger partial charge is 0.370 e. The van der Waals surface area contributed by atoms with E-state index in [1.54, 1.807) is 31.3 Å². The lowest BCUT2D eigenvalue weighted by molar-refractivity contribution is 0.0992. The molecule has 0 aliphatic heterocycles. The average molecular weight is 287 g/mol. The molecule has 0 aliphatic carbocycles. The van der Waals surface area contributed by atoms with E-state index >= 15 is 0 Å². The van der Waals surface area contributed by atoms with E-state index in [0.29, 0.717) is 11.3 Å². The second kappa shape index (κ2) is 6.83. The Hall–Kier alpha value is -2.43. The Bertz CT molecular complexity index is 613. The molecule has 1 aromatic heterocycles. The summed E-state index contributed by atoms with van der Waals surface area (Å²) in [5.74, 6) is 0.140. The highest BCUT2D eigenvalue weighted by Gasteiger charge is 2.14. The number of nitrogens with one attached hydrogen (secondary N) is 1. The van der Waals surface area contributed by atoms with Crippen LogP contribution in [0.15, 0.2) is 42.6 Å². The molecule has 0 unspecified atom stereocenters. The van der Waals surface area contributed by atoms with E-state index in [-0.39, 0.29) is 11.7 Å². The number of anilines is 2. The molecule has 0 saturated carbocycles. The van der Waals surface area contributed by atoms with Crippen LogP contribution in [0.2, 0.25) is 0 Å². The molecule has 5 heteroatoms. The van der Waals surface area contributed by atoms with Crippen LogP contribution in [0.3, 0.4) is 0 Å². The number of aromatic nitrogens is 1. The van der Waals surface area contributed by atoms with Gasteiger partial charge in [-0.25, -0.2) is 9.37 Å². The Labute approximate surface area is 123 Å². The SMILES string of the molecule is CCCNc1ccc(C(=O)N(C)c2cccc(F)c2)cn1. The van der Waals surface area contributed by atoms with Gasteiger partial charge in [-0.2, -0.15) is 0 Å². The highest BCUT2D eigenvalue weighted by Crippen LogP contribution is 2.17. The molecule has 0 fully saturated rings. The minimum absolute atomic E-state index is 0.227. The van der Waals surface area contributed by atoms with Crippen molar-refractivity contribution in [1.29, 1.82) is 0 Å². The number of pyridine rings is 1. The van der Waals surface area contributed by atoms with Gasteiger partial charge in [0, 0.05) is 25.5 Å². The fraction of sp³-hybridized carbons (Fsp3) is 0.250.